The van der Waals surface area contributed by atoms with Gasteiger partial charge < -0.3 is 15.8 Å². The van der Waals surface area contributed by atoms with Crippen molar-refractivity contribution < 1.29 is 39.1 Å². The number of hydrogen-bond donors (Lipinski definition) is 3. The second-order valence-electron chi connectivity index (χ2n) is 1.10. The maximum absolute atomic E-state index is 9.94. The molecule has 3 N–H and O–H groups in total. The van der Waals surface area contributed by atoms with Gasteiger partial charge in [0.2, 0.25) is 4.38 Å². The minimum atomic E-state index is -0.653. The summed E-state index contributed by atoms with van der Waals surface area (Å²) >= 11 is 8.02. The SMILES string of the molecule is NC(=O)NCOC(=S)S.[Na+]. The summed E-state index contributed by atoms with van der Waals surface area (Å²) in [6.07, 6.45) is 0. The maximum Gasteiger partial charge on any atom is 1.00 e. The molecule has 0 aromatic rings. The Kier molecular flexibility index (Phi) is 10.00. The average Bonchev–Trinajstić information content (AvgIpc) is 1.63. The molecule has 0 bridgehead atoms. The minimum Gasteiger partial charge on any atom is -0.457 e. The number of thiocarbonyl (C=S) groups is 1. The monoisotopic (exact) mass is 189 g/mol. The third-order valence-corrected chi connectivity index (χ3v) is 0.689. The topological polar surface area (TPSA) is 64.4 Å². The van der Waals surface area contributed by atoms with Crippen LogP contribution < -0.4 is 40.6 Å². The van der Waals surface area contributed by atoms with Crippen molar-refractivity contribution in [2.45, 2.75) is 0 Å². The van der Waals surface area contributed by atoms with Crippen LogP contribution in [0.4, 0.5) is 4.79 Å². The number of carbonyl (C=O) groups is 1. The predicted molar refractivity (Wildman–Crippen MR) is 40.3 cm³/mol. The molecule has 0 saturated heterocycles. The molecule has 52 valence electrons. The van der Waals surface area contributed by atoms with Crippen LogP contribution in [0.1, 0.15) is 0 Å². The van der Waals surface area contributed by atoms with Gasteiger partial charge in [-0.2, -0.15) is 0 Å². The van der Waals surface area contributed by atoms with Crippen molar-refractivity contribution in [3.8, 4) is 0 Å². The number of amides is 2. The number of rotatable bonds is 2. The van der Waals surface area contributed by atoms with Gasteiger partial charge >= 0.3 is 35.6 Å². The second-order valence-corrected chi connectivity index (χ2v) is 2.18. The molecule has 0 unspecified atom stereocenters. The van der Waals surface area contributed by atoms with E-state index in [4.69, 9.17) is 0 Å². The summed E-state index contributed by atoms with van der Waals surface area (Å²) < 4.78 is 4.61. The van der Waals surface area contributed by atoms with Crippen molar-refractivity contribution in [1.29, 1.82) is 0 Å². The zero-order valence-corrected chi connectivity index (χ0v) is 9.17. The first-order valence-electron chi connectivity index (χ1n) is 2.02. The Hall–Kier alpha value is 0.510. The summed E-state index contributed by atoms with van der Waals surface area (Å²) in [5, 5.41) is 2.16. The van der Waals surface area contributed by atoms with Gasteiger partial charge in [0, 0.05) is 0 Å². The van der Waals surface area contributed by atoms with Crippen LogP contribution in [0, 0.1) is 0 Å². The third kappa shape index (κ3) is 11.3. The van der Waals surface area contributed by atoms with E-state index in [0.29, 0.717) is 0 Å². The van der Waals surface area contributed by atoms with E-state index in [1.807, 2.05) is 0 Å². The molecule has 0 aliphatic rings. The molecular formula is C3H6N2NaO2S2+. The molecule has 0 saturated carbocycles. The molecule has 2 amide bonds. The Morgan fingerprint density at radius 3 is 2.60 bits per heavy atom. The fraction of sp³-hybridized carbons (Fsp3) is 0.333. The molecule has 0 fully saturated rings. The Morgan fingerprint density at radius 1 is 1.80 bits per heavy atom. The van der Waals surface area contributed by atoms with Crippen LogP contribution in [0.3, 0.4) is 0 Å². The Balaban J connectivity index is 0. The van der Waals surface area contributed by atoms with E-state index < -0.39 is 6.03 Å². The molecular weight excluding hydrogens is 183 g/mol. The molecule has 4 nitrogen and oxygen atoms in total. The van der Waals surface area contributed by atoms with Crippen molar-refractivity contribution in [1.82, 2.24) is 5.32 Å². The number of nitrogens with one attached hydrogen (secondary N) is 1. The summed E-state index contributed by atoms with van der Waals surface area (Å²) in [7, 11) is 0. The number of carbonyl (C=O) groups excluding carboxylic acids is 1. The van der Waals surface area contributed by atoms with Gasteiger partial charge in [-0.15, -0.1) is 0 Å². The zero-order valence-electron chi connectivity index (χ0n) is 5.46. The van der Waals surface area contributed by atoms with Crippen LogP contribution in [0.15, 0.2) is 0 Å². The summed E-state index contributed by atoms with van der Waals surface area (Å²) in [5.41, 5.74) is 4.68. The second kappa shape index (κ2) is 7.62. The van der Waals surface area contributed by atoms with E-state index in [0.717, 1.165) is 0 Å². The molecule has 0 aromatic heterocycles. The van der Waals surface area contributed by atoms with Crippen molar-refractivity contribution in [2.75, 3.05) is 6.73 Å². The fourth-order valence-corrected chi connectivity index (χ4v) is 0.292. The standard InChI is InChI=1S/C3H6N2O2S2.Na/c4-2(6)5-1-7-3(8)9;/h1H2,(H,8,9)(H3,4,5,6);/q;+1. The van der Waals surface area contributed by atoms with Crippen LogP contribution in [0.25, 0.3) is 0 Å². The van der Waals surface area contributed by atoms with Gasteiger partial charge in [0.15, 0.2) is 6.73 Å². The number of urea groups is 1. The quantitative estimate of drug-likeness (QED) is 0.186. The predicted octanol–water partition coefficient (Wildman–Crippen LogP) is -3.15. The normalized spacial score (nSPS) is 7.30. The first-order chi connectivity index (χ1) is 4.13. The van der Waals surface area contributed by atoms with Gasteiger partial charge in [-0.05, 0) is 12.2 Å². The van der Waals surface area contributed by atoms with E-state index >= 15 is 0 Å². The van der Waals surface area contributed by atoms with E-state index in [-0.39, 0.29) is 40.7 Å². The van der Waals surface area contributed by atoms with E-state index in [1.54, 1.807) is 0 Å². The molecule has 0 radical (unpaired) electrons. The van der Waals surface area contributed by atoms with Gasteiger partial charge in [-0.1, -0.05) is 12.6 Å². The number of primary amides is 1. The smallest absolute Gasteiger partial charge is 0.457 e. The minimum absolute atomic E-state index is 0. The molecule has 0 rings (SSSR count). The molecule has 0 aromatic carbocycles. The Bertz CT molecular complexity index is 118. The maximum atomic E-state index is 9.94. The van der Waals surface area contributed by atoms with Crippen molar-refractivity contribution in [3.05, 3.63) is 0 Å². The van der Waals surface area contributed by atoms with Crippen molar-refractivity contribution in [3.63, 3.8) is 0 Å². The summed E-state index contributed by atoms with van der Waals surface area (Å²) in [5.74, 6) is 0. The van der Waals surface area contributed by atoms with Crippen LogP contribution in [-0.4, -0.2) is 17.1 Å². The zero-order chi connectivity index (χ0) is 7.28. The van der Waals surface area contributed by atoms with Crippen LogP contribution >= 0.6 is 24.8 Å². The third-order valence-electron chi connectivity index (χ3n) is 0.442. The van der Waals surface area contributed by atoms with Gasteiger partial charge in [0.05, 0.1) is 0 Å². The van der Waals surface area contributed by atoms with E-state index in [2.05, 4.69) is 40.6 Å². The van der Waals surface area contributed by atoms with E-state index in [1.165, 1.54) is 0 Å². The molecule has 10 heavy (non-hydrogen) atoms. The van der Waals surface area contributed by atoms with Crippen molar-refractivity contribution in [2.24, 2.45) is 5.73 Å². The van der Waals surface area contributed by atoms with E-state index in [9.17, 15) is 4.79 Å². The molecule has 0 aliphatic carbocycles. The number of hydrogen-bond acceptors (Lipinski definition) is 3. The summed E-state index contributed by atoms with van der Waals surface area (Å²) in [6.45, 7) is -0.0301. The van der Waals surface area contributed by atoms with Gasteiger partial charge in [0.25, 0.3) is 0 Å². The number of thiol groups is 1. The number of ether oxygens (including phenoxy) is 1. The molecule has 0 spiro atoms. The molecule has 7 heteroatoms. The fourth-order valence-electron chi connectivity index (χ4n) is 0.169. The molecule has 0 heterocycles. The molecule has 0 atom stereocenters. The number of nitrogens with two attached hydrogens (primary N) is 1. The molecule has 0 aliphatic heterocycles. The Morgan fingerprint density at radius 2 is 2.30 bits per heavy atom. The summed E-state index contributed by atoms with van der Waals surface area (Å²) in [4.78, 5) is 9.94. The van der Waals surface area contributed by atoms with Crippen LogP contribution in [0.5, 0.6) is 0 Å². The van der Waals surface area contributed by atoms with Gasteiger partial charge in [-0.25, -0.2) is 4.79 Å². The van der Waals surface area contributed by atoms with Crippen LogP contribution in [-0.2, 0) is 4.74 Å². The van der Waals surface area contributed by atoms with Gasteiger partial charge in [0.1, 0.15) is 0 Å². The van der Waals surface area contributed by atoms with Crippen molar-refractivity contribution >= 4 is 35.3 Å². The Labute approximate surface area is 91.6 Å². The first kappa shape index (κ1) is 13.1. The van der Waals surface area contributed by atoms with Gasteiger partial charge in [-0.3, -0.25) is 0 Å². The largest absolute Gasteiger partial charge is 1.00 e. The summed E-state index contributed by atoms with van der Waals surface area (Å²) in [6, 6.07) is -0.653. The van der Waals surface area contributed by atoms with Crippen LogP contribution in [0.2, 0.25) is 0 Å². The average molecular weight is 189 g/mol. The first-order valence-corrected chi connectivity index (χ1v) is 2.87.